The van der Waals surface area contributed by atoms with Crippen molar-refractivity contribution in [3.05, 3.63) is 29.8 Å². The number of para-hydroxylation sites is 1. The van der Waals surface area contributed by atoms with E-state index in [0.717, 1.165) is 50.7 Å². The van der Waals surface area contributed by atoms with Gasteiger partial charge in [-0.25, -0.2) is 0 Å². The van der Waals surface area contributed by atoms with Gasteiger partial charge in [-0.2, -0.15) is 0 Å². The summed E-state index contributed by atoms with van der Waals surface area (Å²) in [7, 11) is 0. The van der Waals surface area contributed by atoms with E-state index < -0.39 is 0 Å². The molecule has 5 nitrogen and oxygen atoms in total. The van der Waals surface area contributed by atoms with Gasteiger partial charge in [0.15, 0.2) is 6.10 Å². The summed E-state index contributed by atoms with van der Waals surface area (Å²) < 4.78 is 11.4. The van der Waals surface area contributed by atoms with Crippen LogP contribution in [-0.4, -0.2) is 67.2 Å². The molecule has 130 valence electrons. The normalized spacial score (nSPS) is 33.3. The topological polar surface area (TPSA) is 42.0 Å². The molecule has 4 rings (SSSR count). The molecule has 5 heteroatoms. The number of morpholine rings is 1. The minimum absolute atomic E-state index is 0.117. The van der Waals surface area contributed by atoms with E-state index in [1.807, 2.05) is 23.1 Å². The van der Waals surface area contributed by atoms with Gasteiger partial charge in [0.05, 0.1) is 13.2 Å². The zero-order valence-electron chi connectivity index (χ0n) is 14.5. The van der Waals surface area contributed by atoms with Crippen LogP contribution in [0, 0.1) is 5.92 Å². The second-order valence-corrected chi connectivity index (χ2v) is 7.30. The number of carbonyl (C=O) groups is 1. The van der Waals surface area contributed by atoms with Gasteiger partial charge in [-0.1, -0.05) is 32.0 Å². The average molecular weight is 330 g/mol. The standard InChI is InChI=1S/C19H26N2O3/c1-13-11-21(12-16(13)20-7-9-23-10-8-20)19(22)18-14(2)15-5-3-4-6-17(15)24-18/h3-6,13-14,16,18H,7-12H2,1-2H3/t13-,14-,16+,18-/m1/s1. The predicted molar refractivity (Wildman–Crippen MR) is 91.2 cm³/mol. The molecule has 1 aromatic rings. The van der Waals surface area contributed by atoms with Crippen molar-refractivity contribution in [1.29, 1.82) is 0 Å². The van der Waals surface area contributed by atoms with E-state index in [-0.39, 0.29) is 17.9 Å². The third kappa shape index (κ3) is 2.70. The van der Waals surface area contributed by atoms with Gasteiger partial charge < -0.3 is 14.4 Å². The monoisotopic (exact) mass is 330 g/mol. The number of carbonyl (C=O) groups excluding carboxylic acids is 1. The number of hydrogen-bond acceptors (Lipinski definition) is 4. The van der Waals surface area contributed by atoms with E-state index in [0.29, 0.717) is 12.0 Å². The van der Waals surface area contributed by atoms with Gasteiger partial charge in [-0.15, -0.1) is 0 Å². The van der Waals surface area contributed by atoms with Crippen LogP contribution >= 0.6 is 0 Å². The Bertz CT molecular complexity index is 614. The summed E-state index contributed by atoms with van der Waals surface area (Å²) in [6.07, 6.45) is -0.377. The van der Waals surface area contributed by atoms with Crippen LogP contribution in [0.3, 0.4) is 0 Å². The summed E-state index contributed by atoms with van der Waals surface area (Å²) in [6, 6.07) is 8.44. The van der Waals surface area contributed by atoms with Crippen molar-refractivity contribution in [3.63, 3.8) is 0 Å². The van der Waals surface area contributed by atoms with Gasteiger partial charge in [0.1, 0.15) is 5.75 Å². The van der Waals surface area contributed by atoms with Crippen molar-refractivity contribution in [3.8, 4) is 5.75 Å². The number of hydrogen-bond donors (Lipinski definition) is 0. The van der Waals surface area contributed by atoms with E-state index in [9.17, 15) is 4.79 Å². The summed E-state index contributed by atoms with van der Waals surface area (Å²) in [5.74, 6) is 1.61. The van der Waals surface area contributed by atoms with E-state index in [1.54, 1.807) is 0 Å². The summed E-state index contributed by atoms with van der Waals surface area (Å²) in [4.78, 5) is 17.6. The van der Waals surface area contributed by atoms with Crippen molar-refractivity contribution in [2.24, 2.45) is 5.92 Å². The lowest BCUT2D eigenvalue weighted by atomic mass is 9.97. The number of ether oxygens (including phenoxy) is 2. The summed E-state index contributed by atoms with van der Waals surface area (Å²) in [6.45, 7) is 9.52. The smallest absolute Gasteiger partial charge is 0.264 e. The van der Waals surface area contributed by atoms with Crippen molar-refractivity contribution in [2.75, 3.05) is 39.4 Å². The van der Waals surface area contributed by atoms with E-state index in [2.05, 4.69) is 24.8 Å². The third-order valence-corrected chi connectivity index (χ3v) is 5.76. The first kappa shape index (κ1) is 15.9. The number of fused-ring (bicyclic) bond motifs is 1. The Morgan fingerprint density at radius 1 is 1.12 bits per heavy atom. The Balaban J connectivity index is 1.44. The molecular formula is C19H26N2O3. The van der Waals surface area contributed by atoms with E-state index in [1.165, 1.54) is 0 Å². The number of likely N-dealkylation sites (tertiary alicyclic amines) is 1. The van der Waals surface area contributed by atoms with E-state index >= 15 is 0 Å². The molecule has 0 saturated carbocycles. The van der Waals surface area contributed by atoms with Gasteiger partial charge in [0.25, 0.3) is 5.91 Å². The Morgan fingerprint density at radius 3 is 2.62 bits per heavy atom. The lowest BCUT2D eigenvalue weighted by molar-refractivity contribution is -0.137. The summed E-state index contributed by atoms with van der Waals surface area (Å²) in [5, 5.41) is 0. The molecular weight excluding hydrogens is 304 g/mol. The third-order valence-electron chi connectivity index (χ3n) is 5.76. The van der Waals surface area contributed by atoms with Crippen molar-refractivity contribution in [2.45, 2.75) is 31.9 Å². The molecule has 3 heterocycles. The number of rotatable bonds is 2. The van der Waals surface area contributed by atoms with Crippen LogP contribution in [0.4, 0.5) is 0 Å². The molecule has 0 aromatic heterocycles. The molecule has 0 bridgehead atoms. The average Bonchev–Trinajstić information content (AvgIpc) is 3.16. The Morgan fingerprint density at radius 2 is 1.88 bits per heavy atom. The molecule has 0 aliphatic carbocycles. The lowest BCUT2D eigenvalue weighted by Gasteiger charge is -2.34. The van der Waals surface area contributed by atoms with Crippen LogP contribution in [0.1, 0.15) is 25.3 Å². The Kier molecular flexibility index (Phi) is 4.22. The van der Waals surface area contributed by atoms with Gasteiger partial charge in [0.2, 0.25) is 0 Å². The molecule has 0 N–H and O–H groups in total. The molecule has 3 aliphatic rings. The molecule has 0 radical (unpaired) electrons. The number of benzene rings is 1. The number of amides is 1. The Hall–Kier alpha value is -1.59. The second-order valence-electron chi connectivity index (χ2n) is 7.30. The first-order valence-electron chi connectivity index (χ1n) is 9.01. The fourth-order valence-electron chi connectivity index (χ4n) is 4.32. The molecule has 0 spiro atoms. The Labute approximate surface area is 143 Å². The van der Waals surface area contributed by atoms with E-state index in [4.69, 9.17) is 9.47 Å². The molecule has 3 aliphatic heterocycles. The predicted octanol–water partition coefficient (Wildman–Crippen LogP) is 1.73. The minimum atomic E-state index is -0.377. The molecule has 0 unspecified atom stereocenters. The second kappa shape index (κ2) is 6.37. The maximum atomic E-state index is 13.1. The zero-order chi connectivity index (χ0) is 16.7. The van der Waals surface area contributed by atoms with Crippen LogP contribution in [0.25, 0.3) is 0 Å². The van der Waals surface area contributed by atoms with Crippen molar-refractivity contribution >= 4 is 5.91 Å². The maximum absolute atomic E-state index is 13.1. The fourth-order valence-corrected chi connectivity index (χ4v) is 4.32. The molecule has 2 fully saturated rings. The summed E-state index contributed by atoms with van der Waals surface area (Å²) >= 11 is 0. The summed E-state index contributed by atoms with van der Waals surface area (Å²) in [5.41, 5.74) is 1.15. The maximum Gasteiger partial charge on any atom is 0.264 e. The first-order chi connectivity index (χ1) is 11.6. The highest BCUT2D eigenvalue weighted by Gasteiger charge is 2.43. The van der Waals surface area contributed by atoms with Crippen LogP contribution in [0.2, 0.25) is 0 Å². The first-order valence-corrected chi connectivity index (χ1v) is 9.01. The van der Waals surface area contributed by atoms with Gasteiger partial charge >= 0.3 is 0 Å². The molecule has 1 aromatic carbocycles. The van der Waals surface area contributed by atoms with Gasteiger partial charge in [-0.3, -0.25) is 9.69 Å². The molecule has 4 atom stereocenters. The molecule has 1 amide bonds. The largest absolute Gasteiger partial charge is 0.480 e. The fraction of sp³-hybridized carbons (Fsp3) is 0.632. The highest BCUT2D eigenvalue weighted by atomic mass is 16.5. The van der Waals surface area contributed by atoms with Gasteiger partial charge in [-0.05, 0) is 12.0 Å². The van der Waals surface area contributed by atoms with Gasteiger partial charge in [0, 0.05) is 43.7 Å². The minimum Gasteiger partial charge on any atom is -0.480 e. The van der Waals surface area contributed by atoms with Crippen LogP contribution in [-0.2, 0) is 9.53 Å². The molecule has 24 heavy (non-hydrogen) atoms. The van der Waals surface area contributed by atoms with Crippen LogP contribution in [0.15, 0.2) is 24.3 Å². The highest BCUT2D eigenvalue weighted by molar-refractivity contribution is 5.84. The van der Waals surface area contributed by atoms with Crippen molar-refractivity contribution in [1.82, 2.24) is 9.80 Å². The quantitative estimate of drug-likeness (QED) is 0.828. The lowest BCUT2D eigenvalue weighted by Crippen LogP contribution is -2.48. The van der Waals surface area contributed by atoms with Crippen LogP contribution < -0.4 is 4.74 Å². The van der Waals surface area contributed by atoms with Crippen molar-refractivity contribution < 1.29 is 14.3 Å². The van der Waals surface area contributed by atoms with Crippen LogP contribution in [0.5, 0.6) is 5.75 Å². The molecule has 2 saturated heterocycles. The number of nitrogens with zero attached hydrogens (tertiary/aromatic N) is 2. The highest BCUT2D eigenvalue weighted by Crippen LogP contribution is 2.39. The zero-order valence-corrected chi connectivity index (χ0v) is 14.5. The SMILES string of the molecule is C[C@@H]1CN(C(=O)[C@@H]2Oc3ccccc3[C@H]2C)C[C@@H]1N1CCOCC1.